The maximum Gasteiger partial charge on any atom is 0.285 e. The van der Waals surface area contributed by atoms with Crippen molar-refractivity contribution in [3.05, 3.63) is 60.2 Å². The monoisotopic (exact) mass is 247 g/mol. The number of hydrogen-bond acceptors (Lipinski definition) is 1. The molecular formula is C15H15F2N. The number of alkyl halides is 2. The van der Waals surface area contributed by atoms with E-state index in [1.807, 2.05) is 30.3 Å². The topological polar surface area (TPSA) is 12.0 Å². The number of benzene rings is 2. The fraction of sp³-hybridized carbons (Fsp3) is 0.200. The first kappa shape index (κ1) is 12.7. The summed E-state index contributed by atoms with van der Waals surface area (Å²) in [6, 6.07) is 16.1. The summed E-state index contributed by atoms with van der Waals surface area (Å²) in [6.45, 7) is -0.350. The second-order valence-corrected chi connectivity index (χ2v) is 4.18. The van der Waals surface area contributed by atoms with Gasteiger partial charge in [0.2, 0.25) is 0 Å². The van der Waals surface area contributed by atoms with Gasteiger partial charge in [-0.3, -0.25) is 0 Å². The molecule has 0 saturated carbocycles. The predicted molar refractivity (Wildman–Crippen MR) is 69.7 cm³/mol. The van der Waals surface area contributed by atoms with Crippen LogP contribution in [0.15, 0.2) is 54.6 Å². The minimum absolute atomic E-state index is 0.0385. The van der Waals surface area contributed by atoms with Crippen LogP contribution in [0.4, 0.5) is 8.78 Å². The van der Waals surface area contributed by atoms with Crippen molar-refractivity contribution >= 4 is 0 Å². The minimum Gasteiger partial charge on any atom is -0.314 e. The average Bonchev–Trinajstić information content (AvgIpc) is 2.40. The van der Waals surface area contributed by atoms with Crippen molar-refractivity contribution in [2.24, 2.45) is 0 Å². The summed E-state index contributed by atoms with van der Waals surface area (Å²) >= 11 is 0. The summed E-state index contributed by atoms with van der Waals surface area (Å²) in [5.74, 6) is -2.83. The standard InChI is InChI=1S/C15H15F2N/c1-18-11-15(16,17)14-9-7-13(8-10-14)12-5-3-2-4-6-12/h2-10,18H,11H2,1H3. The molecule has 94 valence electrons. The van der Waals surface area contributed by atoms with Crippen molar-refractivity contribution in [1.29, 1.82) is 0 Å². The van der Waals surface area contributed by atoms with Crippen molar-refractivity contribution in [2.45, 2.75) is 5.92 Å². The first-order valence-electron chi connectivity index (χ1n) is 5.82. The zero-order chi connectivity index (χ0) is 13.0. The fourth-order valence-corrected chi connectivity index (χ4v) is 1.86. The van der Waals surface area contributed by atoms with Gasteiger partial charge in [0.15, 0.2) is 0 Å². The number of rotatable bonds is 4. The lowest BCUT2D eigenvalue weighted by Crippen LogP contribution is -2.27. The fourth-order valence-electron chi connectivity index (χ4n) is 1.86. The molecule has 0 atom stereocenters. The molecular weight excluding hydrogens is 232 g/mol. The maximum atomic E-state index is 13.6. The molecule has 0 aliphatic carbocycles. The van der Waals surface area contributed by atoms with Gasteiger partial charge < -0.3 is 5.32 Å². The number of likely N-dealkylation sites (N-methyl/N-ethyl adjacent to an activating group) is 1. The van der Waals surface area contributed by atoms with Crippen molar-refractivity contribution < 1.29 is 8.78 Å². The van der Waals surface area contributed by atoms with Crippen LogP contribution in [0.2, 0.25) is 0 Å². The molecule has 2 aromatic rings. The third kappa shape index (κ3) is 2.74. The number of hydrogen-bond donors (Lipinski definition) is 1. The quantitative estimate of drug-likeness (QED) is 0.869. The molecule has 2 aromatic carbocycles. The van der Waals surface area contributed by atoms with E-state index in [9.17, 15) is 8.78 Å². The normalized spacial score (nSPS) is 11.5. The SMILES string of the molecule is CNCC(F)(F)c1ccc(-c2ccccc2)cc1. The number of halogens is 2. The lowest BCUT2D eigenvalue weighted by Gasteiger charge is -2.16. The third-order valence-electron chi connectivity index (χ3n) is 2.81. The lowest BCUT2D eigenvalue weighted by atomic mass is 10.0. The van der Waals surface area contributed by atoms with Crippen molar-refractivity contribution in [3.63, 3.8) is 0 Å². The van der Waals surface area contributed by atoms with Gasteiger partial charge in [0, 0.05) is 5.56 Å². The Morgan fingerprint density at radius 1 is 0.889 bits per heavy atom. The van der Waals surface area contributed by atoms with Gasteiger partial charge in [-0.15, -0.1) is 0 Å². The van der Waals surface area contributed by atoms with Crippen LogP contribution >= 0.6 is 0 Å². The molecule has 0 radical (unpaired) electrons. The second kappa shape index (κ2) is 5.27. The van der Waals surface area contributed by atoms with E-state index < -0.39 is 5.92 Å². The largest absolute Gasteiger partial charge is 0.314 e. The maximum absolute atomic E-state index is 13.6. The zero-order valence-corrected chi connectivity index (χ0v) is 10.2. The molecule has 0 aromatic heterocycles. The molecule has 1 N–H and O–H groups in total. The average molecular weight is 247 g/mol. The molecule has 0 saturated heterocycles. The Labute approximate surface area is 105 Å². The van der Waals surface area contributed by atoms with Gasteiger partial charge in [0.25, 0.3) is 5.92 Å². The van der Waals surface area contributed by atoms with Gasteiger partial charge in [-0.2, -0.15) is 8.78 Å². The molecule has 0 aliphatic heterocycles. The molecule has 1 nitrogen and oxygen atoms in total. The Morgan fingerprint density at radius 3 is 2.00 bits per heavy atom. The van der Waals surface area contributed by atoms with Gasteiger partial charge in [-0.25, -0.2) is 0 Å². The van der Waals surface area contributed by atoms with Crippen LogP contribution in [-0.2, 0) is 5.92 Å². The Hall–Kier alpha value is -1.74. The molecule has 0 fully saturated rings. The first-order valence-corrected chi connectivity index (χ1v) is 5.82. The zero-order valence-electron chi connectivity index (χ0n) is 10.2. The molecule has 0 unspecified atom stereocenters. The first-order chi connectivity index (χ1) is 8.63. The summed E-state index contributed by atoms with van der Waals surface area (Å²) < 4.78 is 27.3. The van der Waals surface area contributed by atoms with E-state index in [1.54, 1.807) is 12.1 Å². The van der Waals surface area contributed by atoms with Crippen LogP contribution < -0.4 is 5.32 Å². The van der Waals surface area contributed by atoms with E-state index >= 15 is 0 Å². The Kier molecular flexibility index (Phi) is 3.72. The predicted octanol–water partition coefficient (Wildman–Crippen LogP) is 3.66. The highest BCUT2D eigenvalue weighted by Gasteiger charge is 2.30. The van der Waals surface area contributed by atoms with Gasteiger partial charge >= 0.3 is 0 Å². The Balaban J connectivity index is 2.26. The third-order valence-corrected chi connectivity index (χ3v) is 2.81. The van der Waals surface area contributed by atoms with E-state index in [2.05, 4.69) is 5.32 Å². The smallest absolute Gasteiger partial charge is 0.285 e. The van der Waals surface area contributed by atoms with Crippen LogP contribution in [0.25, 0.3) is 11.1 Å². The Bertz CT molecular complexity index is 492. The van der Waals surface area contributed by atoms with Crippen molar-refractivity contribution in [2.75, 3.05) is 13.6 Å². The summed E-state index contributed by atoms with van der Waals surface area (Å²) in [7, 11) is 1.52. The van der Waals surface area contributed by atoms with Crippen LogP contribution in [0.5, 0.6) is 0 Å². The highest BCUT2D eigenvalue weighted by molar-refractivity contribution is 5.63. The summed E-state index contributed by atoms with van der Waals surface area (Å²) in [5.41, 5.74) is 2.01. The van der Waals surface area contributed by atoms with Gasteiger partial charge in [0.05, 0.1) is 6.54 Å². The van der Waals surface area contributed by atoms with E-state index in [0.29, 0.717) is 0 Å². The molecule has 0 amide bonds. The van der Waals surface area contributed by atoms with Crippen molar-refractivity contribution in [3.8, 4) is 11.1 Å². The molecule has 0 heterocycles. The minimum atomic E-state index is -2.83. The van der Waals surface area contributed by atoms with Gasteiger partial charge in [-0.1, -0.05) is 54.6 Å². The van der Waals surface area contributed by atoms with E-state index in [-0.39, 0.29) is 12.1 Å². The second-order valence-electron chi connectivity index (χ2n) is 4.18. The van der Waals surface area contributed by atoms with Crippen molar-refractivity contribution in [1.82, 2.24) is 5.32 Å². The van der Waals surface area contributed by atoms with Crippen LogP contribution in [0, 0.1) is 0 Å². The van der Waals surface area contributed by atoms with Gasteiger partial charge in [0.1, 0.15) is 0 Å². The molecule has 0 spiro atoms. The molecule has 0 bridgehead atoms. The summed E-state index contributed by atoms with van der Waals surface area (Å²) in [6.07, 6.45) is 0. The van der Waals surface area contributed by atoms with Crippen LogP contribution in [-0.4, -0.2) is 13.6 Å². The highest BCUT2D eigenvalue weighted by Crippen LogP contribution is 2.29. The molecule has 3 heteroatoms. The van der Waals surface area contributed by atoms with Crippen LogP contribution in [0.3, 0.4) is 0 Å². The van der Waals surface area contributed by atoms with E-state index in [0.717, 1.165) is 11.1 Å². The molecule has 2 rings (SSSR count). The van der Waals surface area contributed by atoms with Gasteiger partial charge in [-0.05, 0) is 18.2 Å². The highest BCUT2D eigenvalue weighted by atomic mass is 19.3. The van der Waals surface area contributed by atoms with Crippen LogP contribution in [0.1, 0.15) is 5.56 Å². The number of nitrogens with one attached hydrogen (secondary N) is 1. The molecule has 0 aliphatic rings. The summed E-state index contributed by atoms with van der Waals surface area (Å²) in [5, 5.41) is 2.50. The van der Waals surface area contributed by atoms with E-state index in [1.165, 1.54) is 19.2 Å². The Morgan fingerprint density at radius 2 is 1.44 bits per heavy atom. The summed E-state index contributed by atoms with van der Waals surface area (Å²) in [4.78, 5) is 0. The lowest BCUT2D eigenvalue weighted by molar-refractivity contribution is -0.00123. The molecule has 18 heavy (non-hydrogen) atoms. The van der Waals surface area contributed by atoms with E-state index in [4.69, 9.17) is 0 Å².